The normalized spacial score (nSPS) is 10.3. The van der Waals surface area contributed by atoms with Gasteiger partial charge in [-0.15, -0.1) is 5.10 Å². The minimum absolute atomic E-state index is 0.166. The van der Waals surface area contributed by atoms with Gasteiger partial charge in [0.15, 0.2) is 5.57 Å². The van der Waals surface area contributed by atoms with Crippen molar-refractivity contribution in [3.05, 3.63) is 17.6 Å². The fourth-order valence-electron chi connectivity index (χ4n) is 2.48. The molecule has 0 aromatic carbocycles. The molecule has 0 aliphatic rings. The molecule has 0 aliphatic heterocycles. The van der Waals surface area contributed by atoms with Crippen molar-refractivity contribution in [2.75, 3.05) is 18.5 Å². The summed E-state index contributed by atoms with van der Waals surface area (Å²) in [6.45, 7) is 5.88. The number of unbranched alkanes of at least 4 members (excludes halogenated alkanes) is 6. The van der Waals surface area contributed by atoms with Crippen molar-refractivity contribution in [3.63, 3.8) is 0 Å². The number of hydrogen-bond acceptors (Lipinski definition) is 7. The molecule has 1 aromatic rings. The molecular weight excluding hydrogens is 348 g/mol. The lowest BCUT2D eigenvalue weighted by molar-refractivity contribution is -0.146. The van der Waals surface area contributed by atoms with Crippen LogP contribution in [0.1, 0.15) is 71.5 Å². The van der Waals surface area contributed by atoms with Crippen LogP contribution >= 0.6 is 0 Å². The number of aromatic amines is 1. The van der Waals surface area contributed by atoms with Gasteiger partial charge in [0.2, 0.25) is 5.95 Å². The quantitative estimate of drug-likeness (QED) is 0.167. The van der Waals surface area contributed by atoms with E-state index in [0.717, 1.165) is 18.7 Å². The standard InChI is InChI=1S/C19H32N4O4/c1-4-7-8-9-10-11-12-13-16-21-19(23-22-16)20-14-15(17(24)26-5-2)18(25)27-6-3/h14H,4-13H2,1-3H3,(H2,20,21,22,23). The summed E-state index contributed by atoms with van der Waals surface area (Å²) in [5.41, 5.74) is -0.225. The molecule has 8 heteroatoms. The fourth-order valence-corrected chi connectivity index (χ4v) is 2.48. The first-order valence-electron chi connectivity index (χ1n) is 9.84. The van der Waals surface area contributed by atoms with Gasteiger partial charge in [-0.05, 0) is 20.3 Å². The number of carbonyl (C=O) groups is 2. The Morgan fingerprint density at radius 3 is 2.15 bits per heavy atom. The minimum atomic E-state index is -0.748. The lowest BCUT2D eigenvalue weighted by atomic mass is 10.1. The number of aryl methyl sites for hydroxylation is 1. The third kappa shape index (κ3) is 9.21. The number of aromatic nitrogens is 3. The van der Waals surface area contributed by atoms with E-state index in [0.29, 0.717) is 5.95 Å². The Labute approximate surface area is 161 Å². The van der Waals surface area contributed by atoms with Gasteiger partial charge in [0.25, 0.3) is 0 Å². The van der Waals surface area contributed by atoms with Crippen LogP contribution < -0.4 is 5.32 Å². The monoisotopic (exact) mass is 380 g/mol. The maximum Gasteiger partial charge on any atom is 0.347 e. The van der Waals surface area contributed by atoms with Crippen molar-refractivity contribution in [2.24, 2.45) is 0 Å². The van der Waals surface area contributed by atoms with Gasteiger partial charge in [0, 0.05) is 12.6 Å². The van der Waals surface area contributed by atoms with Crippen molar-refractivity contribution in [3.8, 4) is 0 Å². The molecule has 0 saturated heterocycles. The number of anilines is 1. The SMILES string of the molecule is CCCCCCCCCc1nc(NC=C(C(=O)OCC)C(=O)OCC)n[nH]1. The molecule has 0 unspecified atom stereocenters. The number of H-pyrrole nitrogens is 1. The summed E-state index contributed by atoms with van der Waals surface area (Å²) in [5, 5.41) is 9.66. The first-order chi connectivity index (χ1) is 13.1. The van der Waals surface area contributed by atoms with Gasteiger partial charge < -0.3 is 14.8 Å². The van der Waals surface area contributed by atoms with Gasteiger partial charge >= 0.3 is 11.9 Å². The zero-order chi connectivity index (χ0) is 19.9. The van der Waals surface area contributed by atoms with Crippen LogP contribution in [0.3, 0.4) is 0 Å². The first kappa shape index (κ1) is 22.7. The summed E-state index contributed by atoms with van der Waals surface area (Å²) in [7, 11) is 0. The van der Waals surface area contributed by atoms with E-state index in [9.17, 15) is 9.59 Å². The highest BCUT2D eigenvalue weighted by Gasteiger charge is 2.21. The molecule has 0 atom stereocenters. The van der Waals surface area contributed by atoms with Gasteiger partial charge in [-0.25, -0.2) is 9.59 Å². The second-order valence-electron chi connectivity index (χ2n) is 6.12. The second-order valence-corrected chi connectivity index (χ2v) is 6.12. The van der Waals surface area contributed by atoms with Crippen LogP contribution in [0.4, 0.5) is 5.95 Å². The highest BCUT2D eigenvalue weighted by molar-refractivity contribution is 6.14. The second kappa shape index (κ2) is 13.8. The largest absolute Gasteiger partial charge is 0.462 e. The molecule has 0 aliphatic carbocycles. The molecule has 1 heterocycles. The van der Waals surface area contributed by atoms with Crippen LogP contribution in [-0.2, 0) is 25.5 Å². The molecule has 1 rings (SSSR count). The molecule has 8 nitrogen and oxygen atoms in total. The van der Waals surface area contributed by atoms with E-state index < -0.39 is 11.9 Å². The Bertz CT molecular complexity index is 578. The summed E-state index contributed by atoms with van der Waals surface area (Å²) in [5.74, 6) is -0.433. The van der Waals surface area contributed by atoms with Crippen LogP contribution in [0, 0.1) is 0 Å². The molecule has 1 aromatic heterocycles. The van der Waals surface area contributed by atoms with E-state index >= 15 is 0 Å². The van der Waals surface area contributed by atoms with Crippen LogP contribution in [0.5, 0.6) is 0 Å². The Morgan fingerprint density at radius 2 is 1.56 bits per heavy atom. The third-order valence-electron chi connectivity index (χ3n) is 3.89. The smallest absolute Gasteiger partial charge is 0.347 e. The predicted octanol–water partition coefficient (Wildman–Crippen LogP) is 3.52. The molecule has 0 spiro atoms. The number of hydrogen-bond donors (Lipinski definition) is 2. The Kier molecular flexibility index (Phi) is 11.6. The van der Waals surface area contributed by atoms with E-state index in [4.69, 9.17) is 9.47 Å². The number of carbonyl (C=O) groups excluding carboxylic acids is 2. The highest BCUT2D eigenvalue weighted by Crippen LogP contribution is 2.10. The zero-order valence-electron chi connectivity index (χ0n) is 16.7. The lowest BCUT2D eigenvalue weighted by Crippen LogP contribution is -2.19. The van der Waals surface area contributed by atoms with E-state index in [1.165, 1.54) is 44.7 Å². The maximum absolute atomic E-state index is 11.9. The van der Waals surface area contributed by atoms with Gasteiger partial charge in [-0.3, -0.25) is 5.10 Å². The van der Waals surface area contributed by atoms with Crippen molar-refractivity contribution < 1.29 is 19.1 Å². The number of rotatable bonds is 14. The van der Waals surface area contributed by atoms with Gasteiger partial charge in [-0.2, -0.15) is 4.98 Å². The Balaban J connectivity index is 2.49. The third-order valence-corrected chi connectivity index (χ3v) is 3.89. The van der Waals surface area contributed by atoms with Gasteiger partial charge in [-0.1, -0.05) is 45.4 Å². The van der Waals surface area contributed by atoms with E-state index in [-0.39, 0.29) is 18.8 Å². The van der Waals surface area contributed by atoms with Crippen LogP contribution in [0.25, 0.3) is 0 Å². The van der Waals surface area contributed by atoms with Crippen molar-refractivity contribution in [1.29, 1.82) is 0 Å². The van der Waals surface area contributed by atoms with Crippen LogP contribution in [0.2, 0.25) is 0 Å². The molecule has 0 bridgehead atoms. The first-order valence-corrected chi connectivity index (χ1v) is 9.84. The average molecular weight is 380 g/mol. The van der Waals surface area contributed by atoms with Crippen molar-refractivity contribution in [1.82, 2.24) is 15.2 Å². The topological polar surface area (TPSA) is 106 Å². The zero-order valence-corrected chi connectivity index (χ0v) is 16.7. The highest BCUT2D eigenvalue weighted by atomic mass is 16.6. The van der Waals surface area contributed by atoms with Crippen molar-refractivity contribution >= 4 is 17.9 Å². The maximum atomic E-state index is 11.9. The summed E-state index contributed by atoms with van der Waals surface area (Å²) >= 11 is 0. The fraction of sp³-hybridized carbons (Fsp3) is 0.684. The molecular formula is C19H32N4O4. The molecule has 0 amide bonds. The van der Waals surface area contributed by atoms with E-state index in [2.05, 4.69) is 27.4 Å². The molecule has 27 heavy (non-hydrogen) atoms. The number of nitrogens with zero attached hydrogens (tertiary/aromatic N) is 2. The van der Waals surface area contributed by atoms with Gasteiger partial charge in [0.1, 0.15) is 5.82 Å². The van der Waals surface area contributed by atoms with Crippen LogP contribution in [-0.4, -0.2) is 40.3 Å². The van der Waals surface area contributed by atoms with Crippen molar-refractivity contribution in [2.45, 2.75) is 72.1 Å². The number of esters is 2. The molecule has 0 fully saturated rings. The Morgan fingerprint density at radius 1 is 0.963 bits per heavy atom. The summed E-state index contributed by atoms with van der Waals surface area (Å²) < 4.78 is 9.74. The molecule has 0 radical (unpaired) electrons. The van der Waals surface area contributed by atoms with E-state index in [1.54, 1.807) is 13.8 Å². The average Bonchev–Trinajstić information content (AvgIpc) is 3.09. The van der Waals surface area contributed by atoms with Gasteiger partial charge in [0.05, 0.1) is 13.2 Å². The molecule has 2 N–H and O–H groups in total. The summed E-state index contributed by atoms with van der Waals surface area (Å²) in [6.07, 6.45) is 10.7. The minimum Gasteiger partial charge on any atom is -0.462 e. The lowest BCUT2D eigenvalue weighted by Gasteiger charge is -2.06. The summed E-state index contributed by atoms with van der Waals surface area (Å²) in [4.78, 5) is 28.1. The molecule has 152 valence electrons. The number of nitrogens with one attached hydrogen (secondary N) is 2. The van der Waals surface area contributed by atoms with Crippen LogP contribution in [0.15, 0.2) is 11.8 Å². The molecule has 0 saturated carbocycles. The number of ether oxygens (including phenoxy) is 2. The summed E-state index contributed by atoms with van der Waals surface area (Å²) in [6, 6.07) is 0. The Hall–Kier alpha value is -2.38. The van der Waals surface area contributed by atoms with E-state index in [1.807, 2.05) is 0 Å². The predicted molar refractivity (Wildman–Crippen MR) is 103 cm³/mol.